The minimum absolute atomic E-state index is 0.0594. The van der Waals surface area contributed by atoms with Crippen molar-refractivity contribution in [2.45, 2.75) is 12.3 Å². The van der Waals surface area contributed by atoms with Crippen LogP contribution in [0.2, 0.25) is 10.0 Å². The van der Waals surface area contributed by atoms with E-state index in [4.69, 9.17) is 28.3 Å². The van der Waals surface area contributed by atoms with Crippen LogP contribution in [0.15, 0.2) is 36.7 Å². The maximum absolute atomic E-state index is 13.3. The number of alkyl halides is 3. The van der Waals surface area contributed by atoms with Gasteiger partial charge in [-0.1, -0.05) is 23.2 Å². The standard InChI is InChI=1S/C17H15Cl2F3N6O2S/c18-10-1-2-13-12(3-10)14(4-15(26-13)17(20,21)22)24-5-9-7-28(31(23,29)30)16(9)27-8-11(19)6-25-27/h1-4,6,8-9,16H,5,7H2,(H,24,26)(H2,23,29,30). The molecule has 1 saturated heterocycles. The number of nitrogens with one attached hydrogen (secondary N) is 1. The molecule has 4 rings (SSSR count). The van der Waals surface area contributed by atoms with Crippen molar-refractivity contribution in [1.29, 1.82) is 0 Å². The van der Waals surface area contributed by atoms with E-state index in [9.17, 15) is 21.6 Å². The zero-order valence-corrected chi connectivity index (χ0v) is 17.8. The van der Waals surface area contributed by atoms with Gasteiger partial charge in [0.25, 0.3) is 10.2 Å². The predicted octanol–water partition coefficient (Wildman–Crippen LogP) is 3.50. The quantitative estimate of drug-likeness (QED) is 0.564. The van der Waals surface area contributed by atoms with Gasteiger partial charge in [-0.15, -0.1) is 0 Å². The van der Waals surface area contributed by atoms with Crippen LogP contribution in [0, 0.1) is 5.92 Å². The van der Waals surface area contributed by atoms with Gasteiger partial charge < -0.3 is 5.32 Å². The van der Waals surface area contributed by atoms with Gasteiger partial charge in [-0.2, -0.15) is 31.0 Å². The molecule has 1 aromatic carbocycles. The lowest BCUT2D eigenvalue weighted by Gasteiger charge is -2.45. The molecule has 0 spiro atoms. The van der Waals surface area contributed by atoms with Crippen molar-refractivity contribution in [2.75, 3.05) is 18.4 Å². The summed E-state index contributed by atoms with van der Waals surface area (Å²) < 4.78 is 66.0. The first-order chi connectivity index (χ1) is 14.4. The molecule has 3 N–H and O–H groups in total. The molecule has 0 aliphatic carbocycles. The Balaban J connectivity index is 1.64. The fraction of sp³-hybridized carbons (Fsp3) is 0.294. The smallest absolute Gasteiger partial charge is 0.384 e. The lowest BCUT2D eigenvalue weighted by Crippen LogP contribution is -2.58. The van der Waals surface area contributed by atoms with Crippen molar-refractivity contribution in [3.8, 4) is 0 Å². The Labute approximate surface area is 184 Å². The van der Waals surface area contributed by atoms with Gasteiger partial charge in [-0.3, -0.25) is 4.68 Å². The Morgan fingerprint density at radius 1 is 1.23 bits per heavy atom. The van der Waals surface area contributed by atoms with E-state index >= 15 is 0 Å². The first kappa shape index (κ1) is 22.1. The topological polar surface area (TPSA) is 106 Å². The normalized spacial score (nSPS) is 20.1. The fourth-order valence-corrected chi connectivity index (χ4v) is 4.78. The summed E-state index contributed by atoms with van der Waals surface area (Å²) in [6.07, 6.45) is -2.62. The van der Waals surface area contributed by atoms with E-state index in [1.807, 2.05) is 0 Å². The molecule has 0 amide bonds. The lowest BCUT2D eigenvalue weighted by atomic mass is 9.98. The molecule has 0 saturated carbocycles. The number of aromatic nitrogens is 3. The first-order valence-electron chi connectivity index (χ1n) is 8.84. The molecule has 166 valence electrons. The monoisotopic (exact) mass is 494 g/mol. The molecule has 0 radical (unpaired) electrons. The highest BCUT2D eigenvalue weighted by atomic mass is 35.5. The van der Waals surface area contributed by atoms with Crippen LogP contribution in [-0.2, 0) is 16.4 Å². The number of pyridine rings is 1. The molecule has 3 heterocycles. The lowest BCUT2D eigenvalue weighted by molar-refractivity contribution is -0.140. The highest BCUT2D eigenvalue weighted by Crippen LogP contribution is 2.38. The van der Waals surface area contributed by atoms with Crippen molar-refractivity contribution in [2.24, 2.45) is 11.1 Å². The summed E-state index contributed by atoms with van der Waals surface area (Å²) >= 11 is 11.9. The maximum Gasteiger partial charge on any atom is 0.433 e. The van der Waals surface area contributed by atoms with E-state index in [0.717, 1.165) is 10.4 Å². The van der Waals surface area contributed by atoms with Gasteiger partial charge in [0, 0.05) is 41.3 Å². The molecule has 2 unspecified atom stereocenters. The summed E-state index contributed by atoms with van der Waals surface area (Å²) in [7, 11) is -4.01. The van der Waals surface area contributed by atoms with Crippen LogP contribution in [-0.4, -0.2) is 40.6 Å². The molecule has 3 aromatic rings. The molecule has 0 bridgehead atoms. The van der Waals surface area contributed by atoms with Crippen molar-refractivity contribution >= 4 is 50.0 Å². The largest absolute Gasteiger partial charge is 0.433 e. The zero-order valence-electron chi connectivity index (χ0n) is 15.5. The van der Waals surface area contributed by atoms with Crippen molar-refractivity contribution in [1.82, 2.24) is 19.1 Å². The number of halogens is 5. The number of hydrogen-bond donors (Lipinski definition) is 2. The third-order valence-corrected chi connectivity index (χ3v) is 6.36. The minimum Gasteiger partial charge on any atom is -0.384 e. The summed E-state index contributed by atoms with van der Waals surface area (Å²) in [5.41, 5.74) is -0.761. The number of nitrogens with two attached hydrogens (primary N) is 1. The van der Waals surface area contributed by atoms with Crippen LogP contribution in [0.3, 0.4) is 0 Å². The molecule has 14 heteroatoms. The molecule has 1 aliphatic heterocycles. The van der Waals surface area contributed by atoms with E-state index in [1.54, 1.807) is 0 Å². The van der Waals surface area contributed by atoms with Crippen LogP contribution >= 0.6 is 23.2 Å². The second-order valence-corrected chi connectivity index (χ2v) is 9.39. The number of anilines is 1. The Hall–Kier alpha value is -2.12. The average molecular weight is 495 g/mol. The molecule has 1 fully saturated rings. The summed E-state index contributed by atoms with van der Waals surface area (Å²) in [5, 5.41) is 13.3. The molecule has 2 atom stereocenters. The Bertz CT molecular complexity index is 1250. The summed E-state index contributed by atoms with van der Waals surface area (Å²) in [6, 6.07) is 5.26. The van der Waals surface area contributed by atoms with Crippen molar-refractivity contribution in [3.05, 3.63) is 52.4 Å². The maximum atomic E-state index is 13.3. The van der Waals surface area contributed by atoms with Crippen LogP contribution < -0.4 is 10.5 Å². The van der Waals surface area contributed by atoms with E-state index in [2.05, 4.69) is 15.4 Å². The summed E-state index contributed by atoms with van der Waals surface area (Å²) in [6.45, 7) is 0.195. The van der Waals surface area contributed by atoms with Gasteiger partial charge in [-0.05, 0) is 24.3 Å². The number of benzene rings is 1. The van der Waals surface area contributed by atoms with Gasteiger partial charge in [0.2, 0.25) is 0 Å². The third kappa shape index (κ3) is 4.44. The SMILES string of the molecule is NS(=O)(=O)N1CC(CNc2cc(C(F)(F)F)nc3ccc(Cl)cc23)C1n1cc(Cl)cn1. The Kier molecular flexibility index (Phi) is 5.54. The first-order valence-corrected chi connectivity index (χ1v) is 11.1. The van der Waals surface area contributed by atoms with Crippen molar-refractivity contribution in [3.63, 3.8) is 0 Å². The summed E-state index contributed by atoms with van der Waals surface area (Å²) in [5.74, 6) is -0.342. The van der Waals surface area contributed by atoms with E-state index in [-0.39, 0.29) is 30.2 Å². The fourth-order valence-electron chi connectivity index (χ4n) is 3.49. The van der Waals surface area contributed by atoms with Gasteiger partial charge >= 0.3 is 6.18 Å². The van der Waals surface area contributed by atoms with Crippen LogP contribution in [0.1, 0.15) is 11.9 Å². The molecule has 31 heavy (non-hydrogen) atoms. The second-order valence-electron chi connectivity index (χ2n) is 7.02. The zero-order chi connectivity index (χ0) is 22.6. The van der Waals surface area contributed by atoms with Gasteiger partial charge in [0.15, 0.2) is 0 Å². The molecular formula is C17H15Cl2F3N6O2S. The molecule has 8 nitrogen and oxygen atoms in total. The number of fused-ring (bicyclic) bond motifs is 1. The Morgan fingerprint density at radius 2 is 1.97 bits per heavy atom. The van der Waals surface area contributed by atoms with E-state index < -0.39 is 28.2 Å². The number of hydrogen-bond acceptors (Lipinski definition) is 5. The minimum atomic E-state index is -4.64. The van der Waals surface area contributed by atoms with Crippen molar-refractivity contribution < 1.29 is 21.6 Å². The predicted molar refractivity (Wildman–Crippen MR) is 110 cm³/mol. The highest BCUT2D eigenvalue weighted by Gasteiger charge is 2.46. The molecule has 1 aliphatic rings. The van der Waals surface area contributed by atoms with Crippen LogP contribution in [0.5, 0.6) is 0 Å². The van der Waals surface area contributed by atoms with Gasteiger partial charge in [0.1, 0.15) is 11.9 Å². The third-order valence-electron chi connectivity index (χ3n) is 4.91. The Morgan fingerprint density at radius 3 is 2.58 bits per heavy atom. The second kappa shape index (κ2) is 7.78. The number of rotatable bonds is 5. The highest BCUT2D eigenvalue weighted by molar-refractivity contribution is 7.86. The van der Waals surface area contributed by atoms with Gasteiger partial charge in [-0.25, -0.2) is 10.1 Å². The van der Waals surface area contributed by atoms with E-state index in [0.29, 0.717) is 15.4 Å². The van der Waals surface area contributed by atoms with E-state index in [1.165, 1.54) is 35.3 Å². The molecular weight excluding hydrogens is 480 g/mol. The number of nitrogens with zero attached hydrogens (tertiary/aromatic N) is 4. The summed E-state index contributed by atoms with van der Waals surface area (Å²) in [4.78, 5) is 3.66. The van der Waals surface area contributed by atoms with Crippen LogP contribution in [0.4, 0.5) is 18.9 Å². The van der Waals surface area contributed by atoms with Gasteiger partial charge in [0.05, 0.1) is 16.7 Å². The van der Waals surface area contributed by atoms with Crippen LogP contribution in [0.25, 0.3) is 10.9 Å². The average Bonchev–Trinajstić information content (AvgIpc) is 3.04. The molecule has 2 aromatic heterocycles.